The minimum Gasteiger partial charge on any atom is -0.383 e. The smallest absolute Gasteiger partial charge is 0.252 e. The SMILES string of the molecule is COC[C@H](C)NC(=O)c1ccc(C)cc1I. The summed E-state index contributed by atoms with van der Waals surface area (Å²) in [5, 5.41) is 2.89. The Hall–Kier alpha value is -0.620. The van der Waals surface area contributed by atoms with Crippen LogP contribution in [-0.4, -0.2) is 25.7 Å². The lowest BCUT2D eigenvalue weighted by Gasteiger charge is -2.13. The van der Waals surface area contributed by atoms with E-state index in [9.17, 15) is 4.79 Å². The zero-order chi connectivity index (χ0) is 12.1. The average Bonchev–Trinajstić information content (AvgIpc) is 2.17. The monoisotopic (exact) mass is 333 g/mol. The number of carbonyl (C=O) groups is 1. The van der Waals surface area contributed by atoms with Crippen LogP contribution in [0.15, 0.2) is 18.2 Å². The topological polar surface area (TPSA) is 38.3 Å². The van der Waals surface area contributed by atoms with Crippen molar-refractivity contribution in [1.29, 1.82) is 0 Å². The molecule has 0 fully saturated rings. The molecule has 0 unspecified atom stereocenters. The van der Waals surface area contributed by atoms with Crippen molar-refractivity contribution >= 4 is 28.5 Å². The maximum Gasteiger partial charge on any atom is 0.252 e. The van der Waals surface area contributed by atoms with Crippen molar-refractivity contribution in [2.75, 3.05) is 13.7 Å². The summed E-state index contributed by atoms with van der Waals surface area (Å²) in [6.07, 6.45) is 0. The summed E-state index contributed by atoms with van der Waals surface area (Å²) in [6, 6.07) is 5.81. The van der Waals surface area contributed by atoms with Crippen LogP contribution in [0.4, 0.5) is 0 Å². The lowest BCUT2D eigenvalue weighted by Crippen LogP contribution is -2.35. The summed E-state index contributed by atoms with van der Waals surface area (Å²) < 4.78 is 5.95. The van der Waals surface area contributed by atoms with Crippen molar-refractivity contribution in [3.05, 3.63) is 32.9 Å². The predicted octanol–water partition coefficient (Wildman–Crippen LogP) is 2.36. The molecule has 0 spiro atoms. The van der Waals surface area contributed by atoms with E-state index in [1.807, 2.05) is 32.0 Å². The van der Waals surface area contributed by atoms with Gasteiger partial charge >= 0.3 is 0 Å². The molecule has 16 heavy (non-hydrogen) atoms. The van der Waals surface area contributed by atoms with E-state index < -0.39 is 0 Å². The highest BCUT2D eigenvalue weighted by molar-refractivity contribution is 14.1. The van der Waals surface area contributed by atoms with Gasteiger partial charge in [-0.2, -0.15) is 0 Å². The molecule has 0 bridgehead atoms. The number of hydrogen-bond donors (Lipinski definition) is 1. The third-order valence-electron chi connectivity index (χ3n) is 2.16. The van der Waals surface area contributed by atoms with Crippen LogP contribution in [0.1, 0.15) is 22.8 Å². The van der Waals surface area contributed by atoms with E-state index in [4.69, 9.17) is 4.74 Å². The Balaban J connectivity index is 2.73. The molecule has 0 saturated heterocycles. The zero-order valence-electron chi connectivity index (χ0n) is 9.71. The van der Waals surface area contributed by atoms with Gasteiger partial charge in [-0.15, -0.1) is 0 Å². The molecule has 1 amide bonds. The maximum absolute atomic E-state index is 11.9. The van der Waals surface area contributed by atoms with Crippen molar-refractivity contribution < 1.29 is 9.53 Å². The minimum absolute atomic E-state index is 0.0228. The molecule has 0 aromatic heterocycles. The van der Waals surface area contributed by atoms with Crippen LogP contribution in [0.5, 0.6) is 0 Å². The number of amides is 1. The Labute approximate surface area is 110 Å². The number of carbonyl (C=O) groups excluding carboxylic acids is 1. The Morgan fingerprint density at radius 1 is 1.56 bits per heavy atom. The first kappa shape index (κ1) is 13.4. The van der Waals surface area contributed by atoms with Crippen molar-refractivity contribution in [3.8, 4) is 0 Å². The van der Waals surface area contributed by atoms with Gasteiger partial charge in [-0.25, -0.2) is 0 Å². The first-order valence-corrected chi connectivity index (χ1v) is 6.18. The molecule has 0 aliphatic rings. The van der Waals surface area contributed by atoms with E-state index in [1.165, 1.54) is 0 Å². The second-order valence-corrected chi connectivity index (χ2v) is 4.98. The van der Waals surface area contributed by atoms with E-state index >= 15 is 0 Å². The summed E-state index contributed by atoms with van der Waals surface area (Å²) >= 11 is 2.18. The highest BCUT2D eigenvalue weighted by Crippen LogP contribution is 2.14. The van der Waals surface area contributed by atoms with Gasteiger partial charge < -0.3 is 10.1 Å². The molecule has 0 aliphatic heterocycles. The van der Waals surface area contributed by atoms with Crippen LogP contribution in [0.3, 0.4) is 0 Å². The maximum atomic E-state index is 11.9. The van der Waals surface area contributed by atoms with E-state index in [2.05, 4.69) is 27.9 Å². The number of ether oxygens (including phenoxy) is 1. The number of nitrogens with one attached hydrogen (secondary N) is 1. The van der Waals surface area contributed by atoms with Gasteiger partial charge in [-0.3, -0.25) is 4.79 Å². The van der Waals surface area contributed by atoms with E-state index in [0.717, 1.165) is 9.13 Å². The van der Waals surface area contributed by atoms with Crippen molar-refractivity contribution in [3.63, 3.8) is 0 Å². The fourth-order valence-corrected chi connectivity index (χ4v) is 2.31. The molecular weight excluding hydrogens is 317 g/mol. The lowest BCUT2D eigenvalue weighted by molar-refractivity contribution is 0.0904. The molecular formula is C12H16INO2. The number of halogens is 1. The summed E-state index contributed by atoms with van der Waals surface area (Å²) in [4.78, 5) is 11.9. The largest absolute Gasteiger partial charge is 0.383 e. The van der Waals surface area contributed by atoms with Gasteiger partial charge in [-0.05, 0) is 48.6 Å². The number of benzene rings is 1. The fourth-order valence-electron chi connectivity index (χ4n) is 1.40. The van der Waals surface area contributed by atoms with E-state index in [0.29, 0.717) is 12.2 Å². The van der Waals surface area contributed by atoms with Gasteiger partial charge in [0, 0.05) is 16.7 Å². The molecule has 88 valence electrons. The highest BCUT2D eigenvalue weighted by atomic mass is 127. The Morgan fingerprint density at radius 2 is 2.25 bits per heavy atom. The van der Waals surface area contributed by atoms with Crippen LogP contribution in [0.25, 0.3) is 0 Å². The Bertz CT molecular complexity index is 379. The van der Waals surface area contributed by atoms with Gasteiger partial charge in [0.1, 0.15) is 0 Å². The molecule has 3 nitrogen and oxygen atoms in total. The normalized spacial score (nSPS) is 12.2. The van der Waals surface area contributed by atoms with Crippen molar-refractivity contribution in [1.82, 2.24) is 5.32 Å². The van der Waals surface area contributed by atoms with Gasteiger partial charge in [0.2, 0.25) is 0 Å². The quantitative estimate of drug-likeness (QED) is 0.859. The first-order valence-electron chi connectivity index (χ1n) is 5.10. The second-order valence-electron chi connectivity index (χ2n) is 3.81. The molecule has 0 saturated carbocycles. The van der Waals surface area contributed by atoms with Gasteiger partial charge in [0.15, 0.2) is 0 Å². The molecule has 0 radical (unpaired) electrons. The zero-order valence-corrected chi connectivity index (χ0v) is 11.9. The second kappa shape index (κ2) is 6.20. The standard InChI is InChI=1S/C12H16INO2/c1-8-4-5-10(11(13)6-8)12(15)14-9(2)7-16-3/h4-6,9H,7H2,1-3H3,(H,14,15)/t9-/m0/s1. The fraction of sp³-hybridized carbons (Fsp3) is 0.417. The van der Waals surface area contributed by atoms with Crippen molar-refractivity contribution in [2.45, 2.75) is 19.9 Å². The summed E-state index contributed by atoms with van der Waals surface area (Å²) in [5.41, 5.74) is 1.88. The van der Waals surface area contributed by atoms with E-state index in [1.54, 1.807) is 7.11 Å². The van der Waals surface area contributed by atoms with Crippen LogP contribution in [0, 0.1) is 10.5 Å². The van der Waals surface area contributed by atoms with E-state index in [-0.39, 0.29) is 11.9 Å². The number of hydrogen-bond acceptors (Lipinski definition) is 2. The van der Waals surface area contributed by atoms with Crippen LogP contribution < -0.4 is 5.32 Å². The molecule has 0 heterocycles. The average molecular weight is 333 g/mol. The third kappa shape index (κ3) is 3.75. The van der Waals surface area contributed by atoms with Crippen molar-refractivity contribution in [2.24, 2.45) is 0 Å². The predicted molar refractivity (Wildman–Crippen MR) is 72.7 cm³/mol. The van der Waals surface area contributed by atoms with Gasteiger partial charge in [-0.1, -0.05) is 11.6 Å². The Kier molecular flexibility index (Phi) is 5.21. The Morgan fingerprint density at radius 3 is 2.81 bits per heavy atom. The molecule has 1 rings (SSSR count). The number of methoxy groups -OCH3 is 1. The molecule has 1 atom stereocenters. The first-order chi connectivity index (χ1) is 7.54. The molecule has 1 aromatic carbocycles. The summed E-state index contributed by atoms with van der Waals surface area (Å²) in [5.74, 6) is -0.0473. The van der Waals surface area contributed by atoms with Crippen LogP contribution in [0.2, 0.25) is 0 Å². The third-order valence-corrected chi connectivity index (χ3v) is 3.06. The number of rotatable bonds is 4. The molecule has 4 heteroatoms. The molecule has 0 aliphatic carbocycles. The lowest BCUT2D eigenvalue weighted by atomic mass is 10.1. The van der Waals surface area contributed by atoms with Crippen LogP contribution in [-0.2, 0) is 4.74 Å². The minimum atomic E-state index is -0.0473. The van der Waals surface area contributed by atoms with Gasteiger partial charge in [0.05, 0.1) is 12.2 Å². The summed E-state index contributed by atoms with van der Waals surface area (Å²) in [6.45, 7) is 4.45. The summed E-state index contributed by atoms with van der Waals surface area (Å²) in [7, 11) is 1.62. The molecule has 1 aromatic rings. The highest BCUT2D eigenvalue weighted by Gasteiger charge is 2.12. The molecule has 1 N–H and O–H groups in total. The van der Waals surface area contributed by atoms with Crippen LogP contribution >= 0.6 is 22.6 Å². The van der Waals surface area contributed by atoms with Gasteiger partial charge in [0.25, 0.3) is 5.91 Å². The number of aryl methyl sites for hydroxylation is 1.